The van der Waals surface area contributed by atoms with E-state index in [1.165, 1.54) is 4.31 Å². The van der Waals surface area contributed by atoms with Crippen molar-refractivity contribution in [3.05, 3.63) is 35.9 Å². The smallest absolute Gasteiger partial charge is 0.265 e. The van der Waals surface area contributed by atoms with Crippen LogP contribution in [0, 0.1) is 6.92 Å². The van der Waals surface area contributed by atoms with Crippen molar-refractivity contribution in [2.45, 2.75) is 30.7 Å². The minimum Gasteiger partial charge on any atom is -0.347 e. The number of hydrogen-bond donors (Lipinski definition) is 0. The molecule has 1 fully saturated rings. The van der Waals surface area contributed by atoms with Crippen molar-refractivity contribution in [3.8, 4) is 0 Å². The summed E-state index contributed by atoms with van der Waals surface area (Å²) in [6.45, 7) is 2.28. The monoisotopic (exact) mass is 389 g/mol. The molecular formula is C18H23N5O3S. The molecule has 3 heterocycles. The lowest BCUT2D eigenvalue weighted by Gasteiger charge is -2.21. The molecule has 3 aromatic rings. The maximum atomic E-state index is 13.6. The van der Waals surface area contributed by atoms with Crippen LogP contribution in [-0.2, 0) is 17.1 Å². The highest BCUT2D eigenvalue weighted by molar-refractivity contribution is 7.89. The van der Waals surface area contributed by atoms with Gasteiger partial charge in [0.2, 0.25) is 15.9 Å². The van der Waals surface area contributed by atoms with E-state index >= 15 is 0 Å². The molecule has 8 nitrogen and oxygen atoms in total. The molecule has 1 atom stereocenters. The highest BCUT2D eigenvalue weighted by atomic mass is 32.2. The molecule has 0 N–H and O–H groups in total. The second-order valence-corrected chi connectivity index (χ2v) is 8.92. The lowest BCUT2D eigenvalue weighted by Crippen LogP contribution is -2.31. The van der Waals surface area contributed by atoms with Gasteiger partial charge in [-0.3, -0.25) is 0 Å². The molecule has 0 radical (unpaired) electrons. The first kappa shape index (κ1) is 18.0. The zero-order chi connectivity index (χ0) is 19.3. The Morgan fingerprint density at radius 1 is 1.26 bits per heavy atom. The van der Waals surface area contributed by atoms with Crippen molar-refractivity contribution in [1.29, 1.82) is 0 Å². The topological polar surface area (TPSA) is 84.5 Å². The number of para-hydroxylation sites is 1. The largest absolute Gasteiger partial charge is 0.347 e. The Morgan fingerprint density at radius 3 is 2.70 bits per heavy atom. The molecule has 0 amide bonds. The summed E-state index contributed by atoms with van der Waals surface area (Å²) in [5, 5.41) is 4.67. The van der Waals surface area contributed by atoms with Gasteiger partial charge in [0.05, 0.1) is 0 Å². The van der Waals surface area contributed by atoms with E-state index in [1.54, 1.807) is 4.90 Å². The predicted octanol–water partition coefficient (Wildman–Crippen LogP) is 2.46. The lowest BCUT2D eigenvalue weighted by atomic mass is 10.2. The van der Waals surface area contributed by atoms with E-state index in [0.29, 0.717) is 29.7 Å². The van der Waals surface area contributed by atoms with Crippen molar-refractivity contribution in [2.75, 3.05) is 25.5 Å². The van der Waals surface area contributed by atoms with E-state index in [0.717, 1.165) is 23.0 Å². The molecule has 0 saturated carbocycles. The minimum absolute atomic E-state index is 0.345. The number of benzene rings is 1. The van der Waals surface area contributed by atoms with Crippen LogP contribution in [0.5, 0.6) is 0 Å². The van der Waals surface area contributed by atoms with Gasteiger partial charge in [0.1, 0.15) is 10.9 Å². The van der Waals surface area contributed by atoms with Crippen LogP contribution in [0.2, 0.25) is 0 Å². The molecule has 2 aromatic heterocycles. The molecule has 0 spiro atoms. The summed E-state index contributed by atoms with van der Waals surface area (Å²) in [5.41, 5.74) is 1.62. The molecule has 27 heavy (non-hydrogen) atoms. The first-order valence-electron chi connectivity index (χ1n) is 8.89. The van der Waals surface area contributed by atoms with Gasteiger partial charge in [0, 0.05) is 44.3 Å². The Kier molecular flexibility index (Phi) is 4.23. The van der Waals surface area contributed by atoms with Gasteiger partial charge in [-0.2, -0.15) is 9.29 Å². The summed E-state index contributed by atoms with van der Waals surface area (Å²) in [6, 6.07) is 7.14. The molecule has 0 bridgehead atoms. The van der Waals surface area contributed by atoms with Gasteiger partial charge >= 0.3 is 0 Å². The average molecular weight is 389 g/mol. The Hall–Kier alpha value is -2.39. The molecule has 144 valence electrons. The molecule has 1 aliphatic heterocycles. The van der Waals surface area contributed by atoms with E-state index in [1.807, 2.05) is 56.9 Å². The van der Waals surface area contributed by atoms with E-state index in [-0.39, 0.29) is 0 Å². The number of nitrogens with zero attached hydrogens (tertiary/aromatic N) is 5. The zero-order valence-corrected chi connectivity index (χ0v) is 16.7. The van der Waals surface area contributed by atoms with Gasteiger partial charge in [-0.1, -0.05) is 18.2 Å². The molecule has 1 aliphatic rings. The van der Waals surface area contributed by atoms with Crippen molar-refractivity contribution in [3.63, 3.8) is 0 Å². The second-order valence-electron chi connectivity index (χ2n) is 7.09. The predicted molar refractivity (Wildman–Crippen MR) is 102 cm³/mol. The third-order valence-electron chi connectivity index (χ3n) is 5.23. The Labute approximate surface area is 158 Å². The van der Waals surface area contributed by atoms with Gasteiger partial charge in [-0.15, -0.1) is 0 Å². The van der Waals surface area contributed by atoms with Gasteiger partial charge in [-0.05, 0) is 31.0 Å². The van der Waals surface area contributed by atoms with Crippen LogP contribution in [0.1, 0.15) is 30.5 Å². The Balaban J connectivity index is 1.81. The fourth-order valence-electron chi connectivity index (χ4n) is 3.75. The SMILES string of the molecule is Cc1c(S(=O)(=O)N2CCC[C@H]2c2nc(N(C)C)no2)c2ccccc2n1C. The highest BCUT2D eigenvalue weighted by Gasteiger charge is 2.41. The average Bonchev–Trinajstić information content (AvgIpc) is 3.34. The summed E-state index contributed by atoms with van der Waals surface area (Å²) < 4.78 is 36.0. The second kappa shape index (κ2) is 6.35. The van der Waals surface area contributed by atoms with Gasteiger partial charge in [0.25, 0.3) is 5.95 Å². The third-order valence-corrected chi connectivity index (χ3v) is 7.31. The van der Waals surface area contributed by atoms with Crippen molar-refractivity contribution in [1.82, 2.24) is 19.0 Å². The summed E-state index contributed by atoms with van der Waals surface area (Å²) in [6.07, 6.45) is 1.42. The minimum atomic E-state index is -3.71. The molecule has 0 aliphatic carbocycles. The number of anilines is 1. The number of aryl methyl sites for hydroxylation is 1. The normalized spacial score (nSPS) is 18.4. The number of hydrogen-bond acceptors (Lipinski definition) is 6. The number of fused-ring (bicyclic) bond motifs is 1. The standard InChI is InChI=1S/C18H23N5O3S/c1-12-16(13-8-5-6-9-14(13)22(12)4)27(24,25)23-11-7-10-15(23)17-19-18(20-26-17)21(2)3/h5-6,8-9,15H,7,10-11H2,1-4H3/t15-/m0/s1. The fraction of sp³-hybridized carbons (Fsp3) is 0.444. The van der Waals surface area contributed by atoms with Gasteiger partial charge in [0.15, 0.2) is 0 Å². The third kappa shape index (κ3) is 2.72. The maximum Gasteiger partial charge on any atom is 0.265 e. The molecular weight excluding hydrogens is 366 g/mol. The zero-order valence-electron chi connectivity index (χ0n) is 15.9. The molecule has 1 saturated heterocycles. The first-order valence-corrected chi connectivity index (χ1v) is 10.3. The van der Waals surface area contributed by atoms with Gasteiger partial charge < -0.3 is 14.0 Å². The summed E-state index contributed by atoms with van der Waals surface area (Å²) in [4.78, 5) is 6.47. The number of sulfonamides is 1. The lowest BCUT2D eigenvalue weighted by molar-refractivity contribution is 0.290. The van der Waals surface area contributed by atoms with Crippen LogP contribution in [0.3, 0.4) is 0 Å². The van der Waals surface area contributed by atoms with E-state index in [2.05, 4.69) is 10.1 Å². The first-order chi connectivity index (χ1) is 12.8. The maximum absolute atomic E-state index is 13.6. The van der Waals surface area contributed by atoms with E-state index in [9.17, 15) is 8.42 Å². The van der Waals surface area contributed by atoms with Crippen LogP contribution in [0.25, 0.3) is 10.9 Å². The Morgan fingerprint density at radius 2 is 2.00 bits per heavy atom. The van der Waals surface area contributed by atoms with Gasteiger partial charge in [-0.25, -0.2) is 8.42 Å². The molecule has 4 rings (SSSR count). The fourth-order valence-corrected chi connectivity index (χ4v) is 5.84. The highest BCUT2D eigenvalue weighted by Crippen LogP contribution is 2.39. The van der Waals surface area contributed by atoms with Crippen molar-refractivity contribution < 1.29 is 12.9 Å². The van der Waals surface area contributed by atoms with Crippen LogP contribution >= 0.6 is 0 Å². The molecule has 9 heteroatoms. The molecule has 1 aromatic carbocycles. The van der Waals surface area contributed by atoms with Crippen LogP contribution in [0.4, 0.5) is 5.95 Å². The number of rotatable bonds is 4. The Bertz CT molecular complexity index is 1100. The summed E-state index contributed by atoms with van der Waals surface area (Å²) in [7, 11) is 1.81. The quantitative estimate of drug-likeness (QED) is 0.681. The van der Waals surface area contributed by atoms with Crippen LogP contribution in [-0.4, -0.2) is 48.1 Å². The van der Waals surface area contributed by atoms with E-state index in [4.69, 9.17) is 4.52 Å². The number of aromatic nitrogens is 3. The van der Waals surface area contributed by atoms with Crippen LogP contribution < -0.4 is 4.90 Å². The van der Waals surface area contributed by atoms with E-state index < -0.39 is 16.1 Å². The molecule has 0 unspecified atom stereocenters. The van der Waals surface area contributed by atoms with Crippen molar-refractivity contribution >= 4 is 26.9 Å². The van der Waals surface area contributed by atoms with Crippen molar-refractivity contribution in [2.24, 2.45) is 7.05 Å². The van der Waals surface area contributed by atoms with Crippen LogP contribution in [0.15, 0.2) is 33.7 Å². The summed E-state index contributed by atoms with van der Waals surface area (Å²) >= 11 is 0. The summed E-state index contributed by atoms with van der Waals surface area (Å²) in [5.74, 6) is 0.785.